The second-order valence-electron chi connectivity index (χ2n) is 5.33. The highest BCUT2D eigenvalue weighted by atomic mass is 16.2. The molecule has 2 atom stereocenters. The van der Waals surface area contributed by atoms with Crippen molar-refractivity contribution in [1.29, 1.82) is 0 Å². The van der Waals surface area contributed by atoms with Crippen molar-refractivity contribution in [2.24, 2.45) is 4.99 Å². The van der Waals surface area contributed by atoms with Gasteiger partial charge in [-0.2, -0.15) is 0 Å². The number of carbonyl (C=O) groups excluding carboxylic acids is 3. The SMILES string of the molecule is CC(=O)CCCCN1C(=O)[C@@H]2[C@@H](N=CN2C)N(C)C1=O. The molecule has 0 N–H and O–H groups in total. The molecule has 7 nitrogen and oxygen atoms in total. The molecule has 1 fully saturated rings. The highest BCUT2D eigenvalue weighted by Crippen LogP contribution is 2.24. The minimum absolute atomic E-state index is 0.127. The van der Waals surface area contributed by atoms with Crippen molar-refractivity contribution >= 4 is 24.1 Å². The second kappa shape index (κ2) is 5.60. The van der Waals surface area contributed by atoms with Crippen LogP contribution < -0.4 is 0 Å². The summed E-state index contributed by atoms with van der Waals surface area (Å²) >= 11 is 0. The number of hydrogen-bond acceptors (Lipinski definition) is 5. The molecule has 0 bridgehead atoms. The van der Waals surface area contributed by atoms with Crippen LogP contribution in [0.15, 0.2) is 4.99 Å². The monoisotopic (exact) mass is 280 g/mol. The van der Waals surface area contributed by atoms with Crippen LogP contribution >= 0.6 is 0 Å². The Kier molecular flexibility index (Phi) is 4.06. The number of aliphatic imine (C=N–C) groups is 1. The molecule has 0 aromatic carbocycles. The summed E-state index contributed by atoms with van der Waals surface area (Å²) in [7, 11) is 3.44. The number of amides is 3. The summed E-state index contributed by atoms with van der Waals surface area (Å²) in [5.41, 5.74) is 0. The molecule has 0 saturated carbocycles. The molecule has 0 radical (unpaired) electrons. The molecule has 1 saturated heterocycles. The first kappa shape index (κ1) is 14.5. The summed E-state index contributed by atoms with van der Waals surface area (Å²) in [6.45, 7) is 1.90. The van der Waals surface area contributed by atoms with Gasteiger partial charge in [0.2, 0.25) is 0 Å². The normalized spacial score (nSPS) is 25.4. The number of Topliss-reactive ketones (excluding diaryl/α,β-unsaturated/α-hetero) is 1. The van der Waals surface area contributed by atoms with Crippen molar-refractivity contribution in [3.8, 4) is 0 Å². The fraction of sp³-hybridized carbons (Fsp3) is 0.692. The number of hydrogen-bond donors (Lipinski definition) is 0. The average molecular weight is 280 g/mol. The van der Waals surface area contributed by atoms with Gasteiger partial charge in [-0.3, -0.25) is 9.69 Å². The van der Waals surface area contributed by atoms with E-state index in [1.807, 2.05) is 0 Å². The molecule has 3 amide bonds. The standard InChI is InChI=1S/C13H20N4O3/c1-9(18)6-4-5-7-17-12(19)10-11(14-8-15(10)2)16(3)13(17)20/h8,10-11H,4-7H2,1-3H3/t10-,11-/m0/s1. The molecule has 0 unspecified atom stereocenters. The molecule has 0 aromatic rings. The lowest BCUT2D eigenvalue weighted by Gasteiger charge is -2.40. The van der Waals surface area contributed by atoms with Crippen molar-refractivity contribution in [3.63, 3.8) is 0 Å². The summed E-state index contributed by atoms with van der Waals surface area (Å²) in [5.74, 6) is -0.0802. The van der Waals surface area contributed by atoms with Gasteiger partial charge in [0, 0.05) is 27.1 Å². The van der Waals surface area contributed by atoms with Crippen LogP contribution in [0, 0.1) is 0 Å². The maximum absolute atomic E-state index is 12.4. The minimum Gasteiger partial charge on any atom is -0.351 e. The molecular formula is C13H20N4O3. The summed E-state index contributed by atoms with van der Waals surface area (Å²) in [5, 5.41) is 0. The Bertz CT molecular complexity index is 463. The first-order valence-corrected chi connectivity index (χ1v) is 6.76. The number of urea groups is 1. The average Bonchev–Trinajstić information content (AvgIpc) is 2.77. The summed E-state index contributed by atoms with van der Waals surface area (Å²) < 4.78 is 0. The van der Waals surface area contributed by atoms with Crippen LogP contribution in [0.2, 0.25) is 0 Å². The van der Waals surface area contributed by atoms with Gasteiger partial charge >= 0.3 is 6.03 Å². The molecule has 2 heterocycles. The number of imide groups is 1. The minimum atomic E-state index is -0.425. The van der Waals surface area contributed by atoms with Crippen LogP contribution in [-0.4, -0.2) is 71.6 Å². The van der Waals surface area contributed by atoms with Crippen molar-refractivity contribution in [1.82, 2.24) is 14.7 Å². The van der Waals surface area contributed by atoms with Gasteiger partial charge < -0.3 is 14.6 Å². The van der Waals surface area contributed by atoms with Gasteiger partial charge in [0.05, 0.1) is 6.34 Å². The van der Waals surface area contributed by atoms with E-state index in [0.717, 1.165) is 0 Å². The number of fused-ring (bicyclic) bond motifs is 1. The number of unbranched alkanes of at least 4 members (excludes halogenated alkanes) is 1. The molecular weight excluding hydrogens is 260 g/mol. The van der Waals surface area contributed by atoms with Crippen LogP contribution in [0.5, 0.6) is 0 Å². The van der Waals surface area contributed by atoms with Gasteiger partial charge in [-0.05, 0) is 19.8 Å². The maximum Gasteiger partial charge on any atom is 0.328 e. The predicted molar refractivity (Wildman–Crippen MR) is 73.2 cm³/mol. The van der Waals surface area contributed by atoms with Crippen LogP contribution in [-0.2, 0) is 9.59 Å². The zero-order chi connectivity index (χ0) is 14.9. The lowest BCUT2D eigenvalue weighted by molar-refractivity contribution is -0.137. The Labute approximate surface area is 118 Å². The van der Waals surface area contributed by atoms with E-state index in [1.165, 1.54) is 9.80 Å². The van der Waals surface area contributed by atoms with Gasteiger partial charge in [0.15, 0.2) is 12.2 Å². The Morgan fingerprint density at radius 2 is 2.00 bits per heavy atom. The Hall–Kier alpha value is -1.92. The first-order chi connectivity index (χ1) is 9.43. The van der Waals surface area contributed by atoms with Crippen molar-refractivity contribution in [2.45, 2.75) is 38.4 Å². The number of rotatable bonds is 5. The van der Waals surface area contributed by atoms with Crippen LogP contribution in [0.1, 0.15) is 26.2 Å². The summed E-state index contributed by atoms with van der Waals surface area (Å²) in [4.78, 5) is 44.2. The third-order valence-electron chi connectivity index (χ3n) is 3.73. The third kappa shape index (κ3) is 2.52. The maximum atomic E-state index is 12.4. The lowest BCUT2D eigenvalue weighted by atomic mass is 10.1. The first-order valence-electron chi connectivity index (χ1n) is 6.76. The third-order valence-corrected chi connectivity index (χ3v) is 3.73. The zero-order valence-corrected chi connectivity index (χ0v) is 12.1. The quantitative estimate of drug-likeness (QED) is 0.679. The van der Waals surface area contributed by atoms with Crippen LogP contribution in [0.3, 0.4) is 0 Å². The van der Waals surface area contributed by atoms with Gasteiger partial charge in [-0.25, -0.2) is 9.79 Å². The van der Waals surface area contributed by atoms with Crippen molar-refractivity contribution < 1.29 is 14.4 Å². The van der Waals surface area contributed by atoms with Crippen LogP contribution in [0.25, 0.3) is 0 Å². The van der Waals surface area contributed by atoms with E-state index >= 15 is 0 Å². The number of ketones is 1. The van der Waals surface area contributed by atoms with Gasteiger partial charge in [0.25, 0.3) is 5.91 Å². The molecule has 0 aromatic heterocycles. The molecule has 20 heavy (non-hydrogen) atoms. The van der Waals surface area contributed by atoms with E-state index in [4.69, 9.17) is 0 Å². The predicted octanol–water partition coefficient (Wildman–Crippen LogP) is 0.308. The number of likely N-dealkylation sites (N-methyl/N-ethyl adjacent to an activating group) is 2. The highest BCUT2D eigenvalue weighted by molar-refractivity contribution is 6.01. The van der Waals surface area contributed by atoms with Crippen LogP contribution in [0.4, 0.5) is 4.79 Å². The Balaban J connectivity index is 2.00. The summed E-state index contributed by atoms with van der Waals surface area (Å²) in [6.07, 6.45) is 2.99. The topological polar surface area (TPSA) is 73.3 Å². The molecule has 110 valence electrons. The molecule has 2 aliphatic heterocycles. The highest BCUT2D eigenvalue weighted by Gasteiger charge is 2.48. The molecule has 2 aliphatic rings. The van der Waals surface area contributed by atoms with E-state index in [1.54, 1.807) is 32.3 Å². The van der Waals surface area contributed by atoms with Crippen molar-refractivity contribution in [3.05, 3.63) is 0 Å². The molecule has 7 heteroatoms. The zero-order valence-electron chi connectivity index (χ0n) is 12.1. The van der Waals surface area contributed by atoms with E-state index in [9.17, 15) is 14.4 Å². The molecule has 0 aliphatic carbocycles. The van der Waals surface area contributed by atoms with E-state index in [2.05, 4.69) is 4.99 Å². The van der Waals surface area contributed by atoms with E-state index in [0.29, 0.717) is 25.8 Å². The molecule has 0 spiro atoms. The number of carbonyl (C=O) groups is 3. The fourth-order valence-corrected chi connectivity index (χ4v) is 2.56. The van der Waals surface area contributed by atoms with E-state index in [-0.39, 0.29) is 17.7 Å². The molecule has 2 rings (SSSR count). The van der Waals surface area contributed by atoms with Gasteiger partial charge in [-0.15, -0.1) is 0 Å². The largest absolute Gasteiger partial charge is 0.351 e. The second-order valence-corrected chi connectivity index (χ2v) is 5.33. The smallest absolute Gasteiger partial charge is 0.328 e. The van der Waals surface area contributed by atoms with E-state index < -0.39 is 12.2 Å². The summed E-state index contributed by atoms with van der Waals surface area (Å²) in [6, 6.07) is -0.739. The van der Waals surface area contributed by atoms with Crippen molar-refractivity contribution in [2.75, 3.05) is 20.6 Å². The van der Waals surface area contributed by atoms with Gasteiger partial charge in [0.1, 0.15) is 5.78 Å². The van der Waals surface area contributed by atoms with Gasteiger partial charge in [-0.1, -0.05) is 0 Å². The Morgan fingerprint density at radius 1 is 1.30 bits per heavy atom. The Morgan fingerprint density at radius 3 is 2.65 bits per heavy atom. The lowest BCUT2D eigenvalue weighted by Crippen LogP contribution is -2.64. The number of nitrogens with zero attached hydrogens (tertiary/aromatic N) is 4. The fourth-order valence-electron chi connectivity index (χ4n) is 2.56.